The highest BCUT2D eigenvalue weighted by Gasteiger charge is 2.46. The standard InChI is InChI=1S/C61H85FN8O20S/c1-6-61(81)41-29-46-54-39(32-70(46)57(76)40(41)33-90-60(61)80)52-44(8-7-38-36(4)42(62)30-45(66-54)51(38)52)67-55(74)37(5)65-56(75)53(35(2)3)68-49(72)10-13-82-15-17-84-19-21-86-23-25-88-27-28-89-26-24-87-22-20-85-18-16-83-14-11-64-48(71)9-12-69-50(73)31-47(58(69)77)91-34-43(63)59(78)79/h29-30,35,37,43-44,47,53,81H,6-28,31-34,63H2,1-5H3,(H,64,71)(H,65,75)(H,67,74)(H,68,72)(H,78,79)/t37-,43?,44-,47?,53?,61-/m0/s1. The summed E-state index contributed by atoms with van der Waals surface area (Å²) in [6.07, 6.45) is 0.595. The number of carboxylic acids is 1. The number of nitrogens with zero attached hydrogens (tertiary/aromatic N) is 3. The molecule has 91 heavy (non-hydrogen) atoms. The summed E-state index contributed by atoms with van der Waals surface area (Å²) in [4.78, 5) is 121. The van der Waals surface area contributed by atoms with Gasteiger partial charge in [0.1, 0.15) is 30.5 Å². The normalized spacial score (nSPS) is 18.4. The number of cyclic esters (lactones) is 1. The van der Waals surface area contributed by atoms with Gasteiger partial charge >= 0.3 is 11.9 Å². The van der Waals surface area contributed by atoms with Crippen molar-refractivity contribution in [3.8, 4) is 11.4 Å². The summed E-state index contributed by atoms with van der Waals surface area (Å²) in [5.41, 5.74) is 6.78. The molecular formula is C61H85FN8O20S. The highest BCUT2D eigenvalue weighted by molar-refractivity contribution is 8.00. The third kappa shape index (κ3) is 19.0. The van der Waals surface area contributed by atoms with Crippen LogP contribution < -0.4 is 32.6 Å². The third-order valence-corrected chi connectivity index (χ3v) is 17.2. The fourth-order valence-corrected chi connectivity index (χ4v) is 11.9. The van der Waals surface area contributed by atoms with Gasteiger partial charge in [-0.3, -0.25) is 43.3 Å². The topological polar surface area (TPSA) is 372 Å². The number of aromatic nitrogens is 2. The van der Waals surface area contributed by atoms with E-state index in [1.807, 2.05) is 0 Å². The number of nitrogens with two attached hydrogens (primary N) is 1. The van der Waals surface area contributed by atoms with Gasteiger partial charge in [0.2, 0.25) is 35.4 Å². The zero-order valence-electron chi connectivity index (χ0n) is 52.2. The summed E-state index contributed by atoms with van der Waals surface area (Å²) in [5, 5.41) is 31.5. The minimum absolute atomic E-state index is 0.00576. The van der Waals surface area contributed by atoms with Crippen LogP contribution in [0.2, 0.25) is 0 Å². The number of carbonyl (C=O) groups excluding carboxylic acids is 7. The molecule has 1 saturated heterocycles. The van der Waals surface area contributed by atoms with Crippen LogP contribution in [-0.2, 0) is 106 Å². The molecule has 7 rings (SSSR count). The quantitative estimate of drug-likeness (QED) is 0.0181. The molecule has 4 aliphatic rings. The number of imide groups is 1. The second-order valence-electron chi connectivity index (χ2n) is 22.5. The summed E-state index contributed by atoms with van der Waals surface area (Å²) < 4.78 is 66.3. The van der Waals surface area contributed by atoms with Crippen molar-refractivity contribution in [2.24, 2.45) is 11.7 Å². The van der Waals surface area contributed by atoms with E-state index in [0.29, 0.717) is 131 Å². The number of fused-ring (bicyclic) bond motifs is 5. The average Bonchev–Trinajstić information content (AvgIpc) is 1.63. The molecule has 30 heteroatoms. The summed E-state index contributed by atoms with van der Waals surface area (Å²) in [6.45, 7) is 13.4. The Morgan fingerprint density at radius 3 is 1.95 bits per heavy atom. The number of amides is 6. The maximum Gasteiger partial charge on any atom is 0.343 e. The lowest BCUT2D eigenvalue weighted by Gasteiger charge is -2.31. The van der Waals surface area contributed by atoms with Crippen LogP contribution in [0.15, 0.2) is 16.9 Å². The van der Waals surface area contributed by atoms with E-state index in [1.54, 1.807) is 33.8 Å². The number of aliphatic hydroxyl groups is 1. The van der Waals surface area contributed by atoms with Crippen molar-refractivity contribution in [3.05, 3.63) is 61.7 Å². The zero-order chi connectivity index (χ0) is 65.8. The van der Waals surface area contributed by atoms with Gasteiger partial charge < -0.3 is 84.4 Å². The summed E-state index contributed by atoms with van der Waals surface area (Å²) in [5.74, 6) is -5.54. The van der Waals surface area contributed by atoms with Crippen molar-refractivity contribution in [1.82, 2.24) is 35.7 Å². The molecule has 0 radical (unpaired) electrons. The molecule has 6 atom stereocenters. The molecule has 2 aromatic heterocycles. The molecule has 502 valence electrons. The molecule has 6 amide bonds. The number of aryl methyl sites for hydroxylation is 1. The van der Waals surface area contributed by atoms with Gasteiger partial charge in [0.05, 0.1) is 146 Å². The molecule has 1 aliphatic carbocycles. The van der Waals surface area contributed by atoms with Crippen molar-refractivity contribution < 1.29 is 95.6 Å². The molecule has 3 aromatic rings. The third-order valence-electron chi connectivity index (χ3n) is 15.9. The van der Waals surface area contributed by atoms with Gasteiger partial charge in [-0.1, -0.05) is 20.8 Å². The number of halogens is 1. The van der Waals surface area contributed by atoms with E-state index in [9.17, 15) is 48.3 Å². The number of thioether (sulfide) groups is 1. The van der Waals surface area contributed by atoms with Crippen LogP contribution in [0.1, 0.15) is 99.2 Å². The van der Waals surface area contributed by atoms with E-state index >= 15 is 4.39 Å². The van der Waals surface area contributed by atoms with Crippen molar-refractivity contribution in [2.45, 2.75) is 121 Å². The van der Waals surface area contributed by atoms with Crippen LogP contribution in [0.25, 0.3) is 22.3 Å². The number of pyridine rings is 2. The lowest BCUT2D eigenvalue weighted by Crippen LogP contribution is -2.55. The van der Waals surface area contributed by atoms with Gasteiger partial charge in [0.15, 0.2) is 5.60 Å². The van der Waals surface area contributed by atoms with Crippen LogP contribution in [-0.4, -0.2) is 220 Å². The maximum atomic E-state index is 15.5. The Morgan fingerprint density at radius 1 is 0.791 bits per heavy atom. The van der Waals surface area contributed by atoms with E-state index in [4.69, 9.17) is 58.5 Å². The van der Waals surface area contributed by atoms with Crippen LogP contribution in [0.3, 0.4) is 0 Å². The second kappa shape index (κ2) is 34.9. The molecular weight excluding hydrogens is 1220 g/mol. The van der Waals surface area contributed by atoms with E-state index < -0.39 is 87.9 Å². The van der Waals surface area contributed by atoms with Gasteiger partial charge in [0, 0.05) is 60.7 Å². The molecule has 0 bridgehead atoms. The van der Waals surface area contributed by atoms with Gasteiger partial charge in [-0.2, -0.15) is 0 Å². The highest BCUT2D eigenvalue weighted by atomic mass is 32.2. The maximum absolute atomic E-state index is 15.5. The Kier molecular flexibility index (Phi) is 27.6. The Balaban J connectivity index is 0.671. The number of hydrogen-bond donors (Lipinski definition) is 7. The first-order valence-electron chi connectivity index (χ1n) is 30.7. The fourth-order valence-electron chi connectivity index (χ4n) is 10.8. The number of rotatable bonds is 41. The Bertz CT molecular complexity index is 3150. The summed E-state index contributed by atoms with van der Waals surface area (Å²) >= 11 is 1.02. The number of carbonyl (C=O) groups is 8. The van der Waals surface area contributed by atoms with E-state index in [1.165, 1.54) is 17.6 Å². The first-order chi connectivity index (χ1) is 43.7. The number of nitrogens with one attached hydrogen (secondary N) is 4. The zero-order valence-corrected chi connectivity index (χ0v) is 53.0. The Morgan fingerprint density at radius 2 is 1.37 bits per heavy atom. The van der Waals surface area contributed by atoms with E-state index in [0.717, 1.165) is 22.2 Å². The monoisotopic (exact) mass is 1300 g/mol. The first-order valence-corrected chi connectivity index (χ1v) is 31.8. The fraction of sp³-hybridized carbons (Fsp3) is 0.639. The molecule has 1 fully saturated rings. The van der Waals surface area contributed by atoms with Crippen LogP contribution in [0.5, 0.6) is 0 Å². The van der Waals surface area contributed by atoms with Crippen molar-refractivity contribution >= 4 is 70.0 Å². The largest absolute Gasteiger partial charge is 0.480 e. The SMILES string of the molecule is CC[C@@]1(O)C(=O)OCc2c1cc1n(c2=O)Cc2c-1nc1cc(F)c(C)c3c1c2[C@@H](NC(=O)[C@H](C)NC(=O)C(NC(=O)CCOCCOCCOCCOCCOCCOCCOCCOCCNC(=O)CCN1C(=O)CC(SCC(N)C(=O)O)C1=O)C(C)C)CC3. The predicted octanol–water partition coefficient (Wildman–Crippen LogP) is 0.578. The molecule has 3 unspecified atom stereocenters. The predicted molar refractivity (Wildman–Crippen MR) is 325 cm³/mol. The lowest BCUT2D eigenvalue weighted by molar-refractivity contribution is -0.172. The van der Waals surface area contributed by atoms with Gasteiger partial charge in [-0.05, 0) is 61.8 Å². The number of benzene rings is 1. The van der Waals surface area contributed by atoms with Gasteiger partial charge in [-0.25, -0.2) is 14.2 Å². The molecule has 0 saturated carbocycles. The molecule has 3 aliphatic heterocycles. The number of carboxylic acid groups (broad SMARTS) is 1. The highest BCUT2D eigenvalue weighted by Crippen LogP contribution is 2.46. The smallest absolute Gasteiger partial charge is 0.343 e. The number of hydrogen-bond acceptors (Lipinski definition) is 22. The summed E-state index contributed by atoms with van der Waals surface area (Å²) in [6, 6.07) is -0.869. The minimum atomic E-state index is -2.05. The molecule has 0 spiro atoms. The second-order valence-corrected chi connectivity index (χ2v) is 23.8. The van der Waals surface area contributed by atoms with Crippen molar-refractivity contribution in [3.63, 3.8) is 0 Å². The van der Waals surface area contributed by atoms with E-state index in [2.05, 4.69) is 21.3 Å². The number of esters is 1. The summed E-state index contributed by atoms with van der Waals surface area (Å²) in [7, 11) is 0. The number of aliphatic carboxylic acids is 1. The van der Waals surface area contributed by atoms with Crippen LogP contribution in [0.4, 0.5) is 4.39 Å². The van der Waals surface area contributed by atoms with Crippen LogP contribution in [0, 0.1) is 18.7 Å². The van der Waals surface area contributed by atoms with Crippen molar-refractivity contribution in [2.75, 3.05) is 125 Å². The van der Waals surface area contributed by atoms with E-state index in [-0.39, 0.29) is 107 Å². The average molecular weight is 1300 g/mol. The number of likely N-dealkylation sites (tertiary alicyclic amines) is 1. The van der Waals surface area contributed by atoms with Crippen molar-refractivity contribution in [1.29, 1.82) is 0 Å². The molecule has 5 heterocycles. The first kappa shape index (κ1) is 71.9. The Labute approximate surface area is 530 Å². The van der Waals surface area contributed by atoms with Gasteiger partial charge in [0.25, 0.3) is 5.56 Å². The Hall–Kier alpha value is -6.58. The number of ether oxygens (including phenoxy) is 9. The lowest BCUT2D eigenvalue weighted by atomic mass is 9.81. The molecule has 1 aromatic carbocycles. The minimum Gasteiger partial charge on any atom is -0.480 e. The molecule has 8 N–H and O–H groups in total. The molecule has 28 nitrogen and oxygen atoms in total. The van der Waals surface area contributed by atoms with Gasteiger partial charge in [-0.15, -0.1) is 11.8 Å². The van der Waals surface area contributed by atoms with Crippen LogP contribution >= 0.6 is 11.8 Å².